The van der Waals surface area contributed by atoms with Crippen LogP contribution in [0.2, 0.25) is 5.28 Å². The number of hydrogen-bond acceptors (Lipinski definition) is 4. The highest BCUT2D eigenvalue weighted by Gasteiger charge is 2.23. The summed E-state index contributed by atoms with van der Waals surface area (Å²) in [5.74, 6) is 2.29. The largest absolute Gasteiger partial charge is 0.369 e. The van der Waals surface area contributed by atoms with Crippen LogP contribution in [0.25, 0.3) is 11.0 Å². The number of nitrogens with one attached hydrogen (secondary N) is 2. The Balaban J connectivity index is 1.79. The number of halogens is 1. The van der Waals surface area contributed by atoms with Crippen LogP contribution >= 0.6 is 11.6 Å². The number of rotatable bonds is 3. The van der Waals surface area contributed by atoms with Gasteiger partial charge in [-0.05, 0) is 29.9 Å². The molecule has 2 unspecified atom stereocenters. The summed E-state index contributed by atoms with van der Waals surface area (Å²) in [5, 5.41) is 11.3. The van der Waals surface area contributed by atoms with Gasteiger partial charge in [-0.15, -0.1) is 0 Å². The zero-order valence-corrected chi connectivity index (χ0v) is 11.0. The Morgan fingerprint density at radius 3 is 3.11 bits per heavy atom. The van der Waals surface area contributed by atoms with Gasteiger partial charge in [-0.2, -0.15) is 15.1 Å². The molecule has 1 aliphatic carbocycles. The number of anilines is 1. The molecule has 0 aromatic carbocycles. The minimum Gasteiger partial charge on any atom is -0.369 e. The van der Waals surface area contributed by atoms with E-state index < -0.39 is 0 Å². The summed E-state index contributed by atoms with van der Waals surface area (Å²) in [5.41, 5.74) is 0.678. The van der Waals surface area contributed by atoms with Gasteiger partial charge in [0, 0.05) is 6.54 Å². The summed E-state index contributed by atoms with van der Waals surface area (Å²) in [4.78, 5) is 8.33. The number of aromatic nitrogens is 4. The quantitative estimate of drug-likeness (QED) is 0.838. The minimum atomic E-state index is 0.244. The van der Waals surface area contributed by atoms with Crippen molar-refractivity contribution in [1.82, 2.24) is 20.2 Å². The fraction of sp³-hybridized carbons (Fsp3) is 0.583. The second-order valence-corrected chi connectivity index (χ2v) is 5.36. The van der Waals surface area contributed by atoms with Crippen molar-refractivity contribution in [3.05, 3.63) is 11.5 Å². The highest BCUT2D eigenvalue weighted by molar-refractivity contribution is 6.28. The summed E-state index contributed by atoms with van der Waals surface area (Å²) in [6, 6.07) is 0. The molecule has 96 valence electrons. The van der Waals surface area contributed by atoms with Gasteiger partial charge in [0.1, 0.15) is 5.82 Å². The number of aromatic amines is 1. The molecule has 6 heteroatoms. The van der Waals surface area contributed by atoms with E-state index in [0.29, 0.717) is 5.65 Å². The van der Waals surface area contributed by atoms with Crippen LogP contribution in [0.4, 0.5) is 5.82 Å². The molecule has 2 aromatic heterocycles. The van der Waals surface area contributed by atoms with Gasteiger partial charge >= 0.3 is 0 Å². The molecule has 0 bridgehead atoms. The standard InChI is InChI=1S/C12H16ClN5/c1-7-3-2-4-8(7)5-14-10-9-6-15-18-11(9)17-12(13)16-10/h6-8H,2-5H2,1H3,(H2,14,15,16,17,18). The molecule has 0 amide bonds. The summed E-state index contributed by atoms with van der Waals surface area (Å²) < 4.78 is 0. The SMILES string of the molecule is CC1CCCC1CNc1nc(Cl)nc2[nH]ncc12. The van der Waals surface area contributed by atoms with Crippen molar-refractivity contribution in [2.75, 3.05) is 11.9 Å². The second kappa shape index (κ2) is 4.72. The lowest BCUT2D eigenvalue weighted by Gasteiger charge is -2.16. The van der Waals surface area contributed by atoms with E-state index >= 15 is 0 Å². The first-order valence-electron chi connectivity index (χ1n) is 6.34. The van der Waals surface area contributed by atoms with Crippen molar-refractivity contribution in [3.8, 4) is 0 Å². The molecule has 0 saturated heterocycles. The van der Waals surface area contributed by atoms with Crippen molar-refractivity contribution in [2.24, 2.45) is 11.8 Å². The third-order valence-corrected chi connectivity index (χ3v) is 4.02. The summed E-state index contributed by atoms with van der Waals surface area (Å²) in [6.45, 7) is 3.26. The summed E-state index contributed by atoms with van der Waals surface area (Å²) >= 11 is 5.89. The molecule has 1 saturated carbocycles. The molecule has 2 aromatic rings. The van der Waals surface area contributed by atoms with Crippen LogP contribution in [0.1, 0.15) is 26.2 Å². The normalized spacial score (nSPS) is 23.7. The van der Waals surface area contributed by atoms with Crippen molar-refractivity contribution in [1.29, 1.82) is 0 Å². The Kier molecular flexibility index (Phi) is 3.07. The van der Waals surface area contributed by atoms with Crippen molar-refractivity contribution < 1.29 is 0 Å². The zero-order chi connectivity index (χ0) is 12.5. The molecule has 0 spiro atoms. The maximum Gasteiger partial charge on any atom is 0.226 e. The maximum absolute atomic E-state index is 5.89. The van der Waals surface area contributed by atoms with Gasteiger partial charge < -0.3 is 5.32 Å². The summed E-state index contributed by atoms with van der Waals surface area (Å²) in [7, 11) is 0. The van der Waals surface area contributed by atoms with Gasteiger partial charge in [-0.3, -0.25) is 5.10 Å². The third-order valence-electron chi connectivity index (χ3n) is 3.85. The predicted molar refractivity (Wildman–Crippen MR) is 71.7 cm³/mol. The van der Waals surface area contributed by atoms with E-state index in [1.165, 1.54) is 19.3 Å². The molecular weight excluding hydrogens is 250 g/mol. The molecular formula is C12H16ClN5. The van der Waals surface area contributed by atoms with Crippen LogP contribution in [0.5, 0.6) is 0 Å². The smallest absolute Gasteiger partial charge is 0.226 e. The van der Waals surface area contributed by atoms with Gasteiger partial charge in [0.25, 0.3) is 0 Å². The highest BCUT2D eigenvalue weighted by atomic mass is 35.5. The molecule has 1 fully saturated rings. The van der Waals surface area contributed by atoms with Crippen molar-refractivity contribution in [3.63, 3.8) is 0 Å². The molecule has 0 aliphatic heterocycles. The molecule has 3 rings (SSSR count). The van der Waals surface area contributed by atoms with Gasteiger partial charge in [0.2, 0.25) is 5.28 Å². The van der Waals surface area contributed by atoms with E-state index in [4.69, 9.17) is 11.6 Å². The Morgan fingerprint density at radius 1 is 1.44 bits per heavy atom. The first-order valence-corrected chi connectivity index (χ1v) is 6.72. The molecule has 2 atom stereocenters. The minimum absolute atomic E-state index is 0.244. The van der Waals surface area contributed by atoms with Crippen LogP contribution in [0, 0.1) is 11.8 Å². The lowest BCUT2D eigenvalue weighted by molar-refractivity contribution is 0.439. The average Bonchev–Trinajstić information content (AvgIpc) is 2.94. The highest BCUT2D eigenvalue weighted by Crippen LogP contribution is 2.31. The van der Waals surface area contributed by atoms with Crippen LogP contribution < -0.4 is 5.32 Å². The van der Waals surface area contributed by atoms with Gasteiger partial charge in [0.05, 0.1) is 11.6 Å². The molecule has 5 nitrogen and oxygen atoms in total. The van der Waals surface area contributed by atoms with Crippen LogP contribution in [-0.4, -0.2) is 26.7 Å². The lowest BCUT2D eigenvalue weighted by atomic mass is 9.98. The molecule has 2 heterocycles. The van der Waals surface area contributed by atoms with Gasteiger partial charge in [-0.25, -0.2) is 0 Å². The molecule has 18 heavy (non-hydrogen) atoms. The number of hydrogen-bond donors (Lipinski definition) is 2. The molecule has 0 radical (unpaired) electrons. The maximum atomic E-state index is 5.89. The van der Waals surface area contributed by atoms with Gasteiger partial charge in [-0.1, -0.05) is 19.8 Å². The first-order chi connectivity index (χ1) is 8.74. The van der Waals surface area contributed by atoms with Gasteiger partial charge in [0.15, 0.2) is 5.65 Å². The van der Waals surface area contributed by atoms with Crippen molar-refractivity contribution in [2.45, 2.75) is 26.2 Å². The topological polar surface area (TPSA) is 66.5 Å². The summed E-state index contributed by atoms with van der Waals surface area (Å²) in [6.07, 6.45) is 5.69. The Bertz CT molecular complexity index is 552. The fourth-order valence-electron chi connectivity index (χ4n) is 2.70. The fourth-order valence-corrected chi connectivity index (χ4v) is 2.86. The first kappa shape index (κ1) is 11.7. The zero-order valence-electron chi connectivity index (χ0n) is 10.3. The molecule has 1 aliphatic rings. The number of fused-ring (bicyclic) bond motifs is 1. The van der Waals surface area contributed by atoms with E-state index in [-0.39, 0.29) is 5.28 Å². The van der Waals surface area contributed by atoms with E-state index in [9.17, 15) is 0 Å². The van der Waals surface area contributed by atoms with Crippen LogP contribution in [0.15, 0.2) is 6.20 Å². The van der Waals surface area contributed by atoms with Crippen LogP contribution in [0.3, 0.4) is 0 Å². The average molecular weight is 266 g/mol. The van der Waals surface area contributed by atoms with E-state index in [1.54, 1.807) is 6.20 Å². The number of H-pyrrole nitrogens is 1. The second-order valence-electron chi connectivity index (χ2n) is 5.02. The molecule has 2 N–H and O–H groups in total. The monoisotopic (exact) mass is 265 g/mol. The van der Waals surface area contributed by atoms with E-state index in [0.717, 1.165) is 29.6 Å². The Labute approximate surface area is 110 Å². The Hall–Kier alpha value is -1.36. The van der Waals surface area contributed by atoms with Crippen LogP contribution in [-0.2, 0) is 0 Å². The van der Waals surface area contributed by atoms with E-state index in [1.807, 2.05) is 0 Å². The van der Waals surface area contributed by atoms with Crippen molar-refractivity contribution >= 4 is 28.5 Å². The Morgan fingerprint density at radius 2 is 2.33 bits per heavy atom. The van der Waals surface area contributed by atoms with E-state index in [2.05, 4.69) is 32.4 Å². The number of nitrogens with zero attached hydrogens (tertiary/aromatic N) is 3. The lowest BCUT2D eigenvalue weighted by Crippen LogP contribution is -2.17. The third kappa shape index (κ3) is 2.14. The predicted octanol–water partition coefficient (Wildman–Crippen LogP) is 2.85.